The summed E-state index contributed by atoms with van der Waals surface area (Å²) in [5, 5.41) is 6.63. The molecule has 24 heavy (non-hydrogen) atoms. The van der Waals surface area contributed by atoms with E-state index in [1.807, 2.05) is 18.4 Å². The molecular formula is C17H14Cl2N2OS2. The quantitative estimate of drug-likeness (QED) is 0.569. The Morgan fingerprint density at radius 3 is 2.83 bits per heavy atom. The van der Waals surface area contributed by atoms with Crippen molar-refractivity contribution < 1.29 is 4.79 Å². The molecule has 2 aromatic heterocycles. The average molecular weight is 397 g/mol. The highest BCUT2D eigenvalue weighted by Crippen LogP contribution is 2.33. The van der Waals surface area contributed by atoms with E-state index in [1.54, 1.807) is 40.9 Å². The SMILES string of the molecule is Cc1nc(-c2cccs2)c(CCC(=O)Nc2cccc(Cl)c2Cl)s1. The van der Waals surface area contributed by atoms with Crippen LogP contribution in [0, 0.1) is 6.92 Å². The maximum Gasteiger partial charge on any atom is 0.224 e. The average Bonchev–Trinajstić information content (AvgIpc) is 3.19. The minimum absolute atomic E-state index is 0.0950. The van der Waals surface area contributed by atoms with Gasteiger partial charge in [-0.3, -0.25) is 4.79 Å². The lowest BCUT2D eigenvalue weighted by atomic mass is 10.2. The summed E-state index contributed by atoms with van der Waals surface area (Å²) in [6.45, 7) is 1.98. The molecule has 0 saturated heterocycles. The summed E-state index contributed by atoms with van der Waals surface area (Å²) in [6, 6.07) is 9.24. The van der Waals surface area contributed by atoms with Gasteiger partial charge in [0.15, 0.2) is 0 Å². The monoisotopic (exact) mass is 396 g/mol. The fraction of sp³-hybridized carbons (Fsp3) is 0.176. The zero-order valence-electron chi connectivity index (χ0n) is 12.8. The summed E-state index contributed by atoms with van der Waals surface area (Å²) in [5.74, 6) is -0.0950. The van der Waals surface area contributed by atoms with E-state index >= 15 is 0 Å². The number of carbonyl (C=O) groups excluding carboxylic acids is 1. The maximum absolute atomic E-state index is 12.2. The number of thiophene rings is 1. The van der Waals surface area contributed by atoms with Crippen molar-refractivity contribution in [2.45, 2.75) is 19.8 Å². The Hall–Kier alpha value is -1.40. The van der Waals surface area contributed by atoms with Crippen molar-refractivity contribution in [1.82, 2.24) is 4.98 Å². The number of carbonyl (C=O) groups is 1. The van der Waals surface area contributed by atoms with Crippen molar-refractivity contribution >= 4 is 57.5 Å². The lowest BCUT2D eigenvalue weighted by Gasteiger charge is -2.08. The number of aryl methyl sites for hydroxylation is 2. The summed E-state index contributed by atoms with van der Waals surface area (Å²) >= 11 is 15.3. The van der Waals surface area contributed by atoms with Gasteiger partial charge in [0.05, 0.1) is 31.3 Å². The van der Waals surface area contributed by atoms with Crippen molar-refractivity contribution in [1.29, 1.82) is 0 Å². The van der Waals surface area contributed by atoms with E-state index in [-0.39, 0.29) is 5.91 Å². The Morgan fingerprint density at radius 2 is 2.08 bits per heavy atom. The highest BCUT2D eigenvalue weighted by molar-refractivity contribution is 7.15. The molecule has 0 aliphatic carbocycles. The lowest BCUT2D eigenvalue weighted by molar-refractivity contribution is -0.116. The van der Waals surface area contributed by atoms with Crippen LogP contribution in [0.3, 0.4) is 0 Å². The van der Waals surface area contributed by atoms with Crippen LogP contribution < -0.4 is 5.32 Å². The molecule has 0 aliphatic rings. The third-order valence-corrected chi connectivity index (χ3v) is 6.09. The van der Waals surface area contributed by atoms with E-state index in [9.17, 15) is 4.79 Å². The third kappa shape index (κ3) is 3.98. The molecule has 0 spiro atoms. The number of thiazole rings is 1. The van der Waals surface area contributed by atoms with Gasteiger partial charge in [-0.2, -0.15) is 0 Å². The number of hydrogen-bond donors (Lipinski definition) is 1. The van der Waals surface area contributed by atoms with Crippen LogP contribution in [-0.2, 0) is 11.2 Å². The van der Waals surface area contributed by atoms with Crippen molar-refractivity contribution in [2.24, 2.45) is 0 Å². The van der Waals surface area contributed by atoms with Crippen LogP contribution in [0.5, 0.6) is 0 Å². The minimum atomic E-state index is -0.0950. The first-order valence-corrected chi connectivity index (χ1v) is 9.74. The van der Waals surface area contributed by atoms with E-state index < -0.39 is 0 Å². The van der Waals surface area contributed by atoms with Crippen molar-refractivity contribution in [2.75, 3.05) is 5.32 Å². The molecule has 0 radical (unpaired) electrons. The standard InChI is InChI=1S/C17H14Cl2N2OS2/c1-10-20-17(13-6-3-9-23-13)14(24-10)7-8-15(22)21-12-5-2-4-11(18)16(12)19/h2-6,9H,7-8H2,1H3,(H,21,22). The Kier molecular flexibility index (Phi) is 5.56. The van der Waals surface area contributed by atoms with E-state index in [2.05, 4.69) is 16.4 Å². The number of nitrogens with zero attached hydrogens (tertiary/aromatic N) is 1. The summed E-state index contributed by atoms with van der Waals surface area (Å²) in [4.78, 5) is 19.1. The van der Waals surface area contributed by atoms with Gasteiger partial charge < -0.3 is 5.32 Å². The Bertz CT molecular complexity index is 860. The molecule has 0 unspecified atom stereocenters. The van der Waals surface area contributed by atoms with Gasteiger partial charge in [-0.05, 0) is 36.9 Å². The van der Waals surface area contributed by atoms with Gasteiger partial charge in [0.2, 0.25) is 5.91 Å². The number of aromatic nitrogens is 1. The van der Waals surface area contributed by atoms with Gasteiger partial charge in [0.1, 0.15) is 0 Å². The van der Waals surface area contributed by atoms with Gasteiger partial charge in [-0.1, -0.05) is 35.3 Å². The molecule has 0 saturated carbocycles. The topological polar surface area (TPSA) is 42.0 Å². The number of anilines is 1. The highest BCUT2D eigenvalue weighted by Gasteiger charge is 2.14. The second kappa shape index (κ2) is 7.66. The molecule has 3 nitrogen and oxygen atoms in total. The second-order valence-corrected chi connectivity index (χ2v) is 8.15. The van der Waals surface area contributed by atoms with Crippen LogP contribution in [0.25, 0.3) is 10.6 Å². The van der Waals surface area contributed by atoms with Gasteiger partial charge in [0.25, 0.3) is 0 Å². The van der Waals surface area contributed by atoms with Crippen LogP contribution >= 0.6 is 45.9 Å². The predicted molar refractivity (Wildman–Crippen MR) is 104 cm³/mol. The fourth-order valence-corrected chi connectivity index (χ4v) is 4.39. The molecule has 1 N–H and O–H groups in total. The van der Waals surface area contributed by atoms with Crippen molar-refractivity contribution in [3.8, 4) is 10.6 Å². The molecule has 1 aromatic carbocycles. The number of amides is 1. The summed E-state index contributed by atoms with van der Waals surface area (Å²) in [6.07, 6.45) is 1.01. The predicted octanol–water partition coefficient (Wildman–Crippen LogP) is 6.06. The van der Waals surface area contributed by atoms with E-state index in [0.29, 0.717) is 28.6 Å². The molecule has 0 bridgehead atoms. The molecule has 124 valence electrons. The van der Waals surface area contributed by atoms with Crippen molar-refractivity contribution in [3.63, 3.8) is 0 Å². The summed E-state index contributed by atoms with van der Waals surface area (Å²) < 4.78 is 0. The molecule has 0 fully saturated rings. The van der Waals surface area contributed by atoms with Crippen LogP contribution in [0.4, 0.5) is 5.69 Å². The number of rotatable bonds is 5. The van der Waals surface area contributed by atoms with Gasteiger partial charge in [-0.25, -0.2) is 4.98 Å². The van der Waals surface area contributed by atoms with Crippen molar-refractivity contribution in [3.05, 3.63) is 55.6 Å². The van der Waals surface area contributed by atoms with E-state index in [0.717, 1.165) is 20.5 Å². The van der Waals surface area contributed by atoms with Crippen LogP contribution in [0.15, 0.2) is 35.7 Å². The first-order valence-electron chi connectivity index (χ1n) is 7.28. The number of hydrogen-bond acceptors (Lipinski definition) is 4. The fourth-order valence-electron chi connectivity index (χ4n) is 2.28. The number of benzene rings is 1. The zero-order chi connectivity index (χ0) is 17.1. The Labute approximate surface area is 158 Å². The van der Waals surface area contributed by atoms with Crippen LogP contribution in [0.2, 0.25) is 10.0 Å². The summed E-state index contributed by atoms with van der Waals surface area (Å²) in [7, 11) is 0. The normalized spacial score (nSPS) is 10.8. The maximum atomic E-state index is 12.2. The number of halogens is 2. The summed E-state index contributed by atoms with van der Waals surface area (Å²) in [5.41, 5.74) is 1.52. The highest BCUT2D eigenvalue weighted by atomic mass is 35.5. The molecule has 1 amide bonds. The molecule has 0 atom stereocenters. The second-order valence-electron chi connectivity index (χ2n) is 5.13. The Balaban J connectivity index is 1.68. The van der Waals surface area contributed by atoms with Gasteiger partial charge >= 0.3 is 0 Å². The first-order chi connectivity index (χ1) is 11.5. The Morgan fingerprint density at radius 1 is 1.25 bits per heavy atom. The lowest BCUT2D eigenvalue weighted by Crippen LogP contribution is -2.12. The smallest absolute Gasteiger partial charge is 0.224 e. The van der Waals surface area contributed by atoms with Gasteiger partial charge in [-0.15, -0.1) is 22.7 Å². The zero-order valence-corrected chi connectivity index (χ0v) is 16.0. The third-order valence-electron chi connectivity index (χ3n) is 3.36. The van der Waals surface area contributed by atoms with Gasteiger partial charge in [0, 0.05) is 11.3 Å². The molecule has 2 heterocycles. The molecular weight excluding hydrogens is 383 g/mol. The molecule has 3 rings (SSSR count). The molecule has 3 aromatic rings. The largest absolute Gasteiger partial charge is 0.325 e. The number of nitrogens with one attached hydrogen (secondary N) is 1. The molecule has 0 aliphatic heterocycles. The van der Waals surface area contributed by atoms with E-state index in [4.69, 9.17) is 23.2 Å². The minimum Gasteiger partial charge on any atom is -0.325 e. The first kappa shape index (κ1) is 17.4. The van der Waals surface area contributed by atoms with Crippen LogP contribution in [0.1, 0.15) is 16.3 Å². The van der Waals surface area contributed by atoms with E-state index in [1.165, 1.54) is 0 Å². The van der Waals surface area contributed by atoms with Crippen LogP contribution in [-0.4, -0.2) is 10.9 Å². The molecule has 7 heteroatoms.